The average Bonchev–Trinajstić information content (AvgIpc) is 2.20. The second kappa shape index (κ2) is 4.21. The van der Waals surface area contributed by atoms with Crippen molar-refractivity contribution < 1.29 is 0 Å². The van der Waals surface area contributed by atoms with Crippen LogP contribution in [-0.4, -0.2) is 23.1 Å². The first-order valence-corrected chi connectivity index (χ1v) is 6.10. The van der Waals surface area contributed by atoms with Gasteiger partial charge in [-0.25, -0.2) is 9.97 Å². The summed E-state index contributed by atoms with van der Waals surface area (Å²) >= 11 is 5.86. The Morgan fingerprint density at radius 2 is 2.19 bits per heavy atom. The predicted octanol–water partition coefficient (Wildman–Crippen LogP) is 3.06. The van der Waals surface area contributed by atoms with Gasteiger partial charge in [0.2, 0.25) is 5.28 Å². The van der Waals surface area contributed by atoms with Gasteiger partial charge in [0.25, 0.3) is 0 Å². The lowest BCUT2D eigenvalue weighted by Crippen LogP contribution is -2.40. The maximum atomic E-state index is 5.86. The smallest absolute Gasteiger partial charge is 0.224 e. The summed E-state index contributed by atoms with van der Waals surface area (Å²) in [5.74, 6) is 0.993. The lowest BCUT2D eigenvalue weighted by molar-refractivity contribution is 0.292. The van der Waals surface area contributed by atoms with Gasteiger partial charge in [0.15, 0.2) is 0 Å². The second-order valence-electron chi connectivity index (χ2n) is 5.33. The van der Waals surface area contributed by atoms with E-state index in [2.05, 4.69) is 28.7 Å². The highest BCUT2D eigenvalue weighted by molar-refractivity contribution is 6.28. The van der Waals surface area contributed by atoms with E-state index in [1.807, 2.05) is 6.92 Å². The molecular weight excluding hydrogens is 222 g/mol. The summed E-state index contributed by atoms with van der Waals surface area (Å²) in [5, 5.41) is 0.337. The molecular formula is C12H18ClN3. The minimum absolute atomic E-state index is 0.337. The van der Waals surface area contributed by atoms with E-state index in [9.17, 15) is 0 Å². The number of aromatic nitrogens is 2. The van der Waals surface area contributed by atoms with Crippen molar-refractivity contribution in [3.63, 3.8) is 0 Å². The van der Waals surface area contributed by atoms with Gasteiger partial charge in [0.1, 0.15) is 5.82 Å². The molecule has 16 heavy (non-hydrogen) atoms. The van der Waals surface area contributed by atoms with E-state index >= 15 is 0 Å². The Bertz CT molecular complexity index is 390. The number of rotatable bonds is 1. The Morgan fingerprint density at radius 1 is 1.44 bits per heavy atom. The van der Waals surface area contributed by atoms with Crippen molar-refractivity contribution in [2.75, 3.05) is 18.0 Å². The molecule has 1 aliphatic heterocycles. The average molecular weight is 240 g/mol. The largest absolute Gasteiger partial charge is 0.356 e. The third-order valence-corrected chi connectivity index (χ3v) is 3.30. The van der Waals surface area contributed by atoms with Crippen LogP contribution in [0.5, 0.6) is 0 Å². The van der Waals surface area contributed by atoms with E-state index < -0.39 is 0 Å². The van der Waals surface area contributed by atoms with Crippen LogP contribution in [-0.2, 0) is 0 Å². The molecule has 1 fully saturated rings. The zero-order valence-corrected chi connectivity index (χ0v) is 10.9. The van der Waals surface area contributed by atoms with Crippen molar-refractivity contribution in [2.24, 2.45) is 5.41 Å². The minimum atomic E-state index is 0.337. The third-order valence-electron chi connectivity index (χ3n) is 3.12. The van der Waals surface area contributed by atoms with E-state index in [1.165, 1.54) is 12.8 Å². The van der Waals surface area contributed by atoms with Crippen LogP contribution in [0.3, 0.4) is 0 Å². The predicted molar refractivity (Wildman–Crippen MR) is 67.0 cm³/mol. The highest BCUT2D eigenvalue weighted by Crippen LogP contribution is 2.32. The monoisotopic (exact) mass is 239 g/mol. The highest BCUT2D eigenvalue weighted by atomic mass is 35.5. The maximum absolute atomic E-state index is 5.86. The van der Waals surface area contributed by atoms with Crippen LogP contribution in [0.2, 0.25) is 5.28 Å². The first-order valence-electron chi connectivity index (χ1n) is 5.72. The summed E-state index contributed by atoms with van der Waals surface area (Å²) in [6.45, 7) is 8.75. The molecule has 88 valence electrons. The minimum Gasteiger partial charge on any atom is -0.356 e. The number of nitrogens with zero attached hydrogens (tertiary/aromatic N) is 3. The van der Waals surface area contributed by atoms with Crippen molar-refractivity contribution in [3.8, 4) is 0 Å². The molecule has 0 unspecified atom stereocenters. The van der Waals surface area contributed by atoms with Gasteiger partial charge in [-0.3, -0.25) is 0 Å². The first-order chi connectivity index (χ1) is 7.48. The maximum Gasteiger partial charge on any atom is 0.224 e. The molecule has 0 aliphatic carbocycles. The fourth-order valence-corrected chi connectivity index (χ4v) is 2.47. The molecule has 0 N–H and O–H groups in total. The van der Waals surface area contributed by atoms with Gasteiger partial charge < -0.3 is 4.90 Å². The summed E-state index contributed by atoms with van der Waals surface area (Å²) in [5.41, 5.74) is 1.46. The SMILES string of the molecule is Cc1cnc(Cl)nc1N1CCCC(C)(C)C1. The molecule has 0 aromatic carbocycles. The number of aryl methyl sites for hydroxylation is 1. The molecule has 0 spiro atoms. The number of halogens is 1. The van der Waals surface area contributed by atoms with Gasteiger partial charge >= 0.3 is 0 Å². The summed E-state index contributed by atoms with van der Waals surface area (Å²) < 4.78 is 0. The number of hydrogen-bond donors (Lipinski definition) is 0. The molecule has 0 radical (unpaired) electrons. The van der Waals surface area contributed by atoms with Gasteiger partial charge in [-0.15, -0.1) is 0 Å². The lowest BCUT2D eigenvalue weighted by atomic mass is 9.84. The van der Waals surface area contributed by atoms with Crippen molar-refractivity contribution in [1.82, 2.24) is 9.97 Å². The van der Waals surface area contributed by atoms with Crippen molar-refractivity contribution >= 4 is 17.4 Å². The normalized spacial score (nSPS) is 19.9. The van der Waals surface area contributed by atoms with E-state index in [-0.39, 0.29) is 0 Å². The Kier molecular flexibility index (Phi) is 3.06. The molecule has 3 nitrogen and oxygen atoms in total. The summed E-state index contributed by atoms with van der Waals surface area (Å²) in [6, 6.07) is 0. The van der Waals surface area contributed by atoms with Crippen LogP contribution in [0.25, 0.3) is 0 Å². The van der Waals surface area contributed by atoms with E-state index in [1.54, 1.807) is 6.20 Å². The van der Waals surface area contributed by atoms with E-state index in [0.717, 1.165) is 24.5 Å². The van der Waals surface area contributed by atoms with Crippen LogP contribution < -0.4 is 4.90 Å². The van der Waals surface area contributed by atoms with Gasteiger partial charge in [0, 0.05) is 24.8 Å². The van der Waals surface area contributed by atoms with Crippen LogP contribution in [0, 0.1) is 12.3 Å². The van der Waals surface area contributed by atoms with Gasteiger partial charge in [0.05, 0.1) is 0 Å². The molecule has 0 amide bonds. The van der Waals surface area contributed by atoms with Crippen LogP contribution in [0.4, 0.5) is 5.82 Å². The van der Waals surface area contributed by atoms with Gasteiger partial charge in [-0.05, 0) is 36.8 Å². The summed E-state index contributed by atoms with van der Waals surface area (Å²) in [4.78, 5) is 10.7. The second-order valence-corrected chi connectivity index (χ2v) is 5.67. The molecule has 0 bridgehead atoms. The number of piperidine rings is 1. The quantitative estimate of drug-likeness (QED) is 0.706. The van der Waals surface area contributed by atoms with Crippen molar-refractivity contribution in [2.45, 2.75) is 33.6 Å². The zero-order chi connectivity index (χ0) is 11.8. The van der Waals surface area contributed by atoms with E-state index in [0.29, 0.717) is 10.7 Å². The van der Waals surface area contributed by atoms with Gasteiger partial charge in [-0.1, -0.05) is 13.8 Å². The molecule has 1 aromatic rings. The van der Waals surface area contributed by atoms with E-state index in [4.69, 9.17) is 11.6 Å². The first kappa shape index (κ1) is 11.6. The Balaban J connectivity index is 2.26. The Hall–Kier alpha value is -0.830. The van der Waals surface area contributed by atoms with Gasteiger partial charge in [-0.2, -0.15) is 0 Å². The Morgan fingerprint density at radius 3 is 2.88 bits per heavy atom. The molecule has 1 saturated heterocycles. The Labute approximate surface area is 102 Å². The fourth-order valence-electron chi connectivity index (χ4n) is 2.34. The lowest BCUT2D eigenvalue weighted by Gasteiger charge is -2.39. The summed E-state index contributed by atoms with van der Waals surface area (Å²) in [7, 11) is 0. The molecule has 0 saturated carbocycles. The molecule has 1 aliphatic rings. The van der Waals surface area contributed by atoms with Crippen LogP contribution >= 0.6 is 11.6 Å². The molecule has 1 aromatic heterocycles. The molecule has 4 heteroatoms. The number of anilines is 1. The van der Waals surface area contributed by atoms with Crippen LogP contribution in [0.15, 0.2) is 6.20 Å². The fraction of sp³-hybridized carbons (Fsp3) is 0.667. The highest BCUT2D eigenvalue weighted by Gasteiger charge is 2.27. The zero-order valence-electron chi connectivity index (χ0n) is 10.1. The molecule has 0 atom stereocenters. The van der Waals surface area contributed by atoms with Crippen molar-refractivity contribution in [3.05, 3.63) is 17.0 Å². The topological polar surface area (TPSA) is 29.0 Å². The molecule has 2 heterocycles. The van der Waals surface area contributed by atoms with Crippen molar-refractivity contribution in [1.29, 1.82) is 0 Å². The number of hydrogen-bond acceptors (Lipinski definition) is 3. The standard InChI is InChI=1S/C12H18ClN3/c1-9-7-14-11(13)15-10(9)16-6-4-5-12(2,3)8-16/h7H,4-6,8H2,1-3H3. The molecule has 2 rings (SSSR count). The third kappa shape index (κ3) is 2.46. The summed E-state index contributed by atoms with van der Waals surface area (Å²) in [6.07, 6.45) is 4.29. The van der Waals surface area contributed by atoms with Crippen LogP contribution in [0.1, 0.15) is 32.3 Å².